The first-order chi connectivity index (χ1) is 11.9. The van der Waals surface area contributed by atoms with Crippen molar-refractivity contribution in [2.45, 2.75) is 25.3 Å². The van der Waals surface area contributed by atoms with Crippen molar-refractivity contribution in [3.05, 3.63) is 46.6 Å². The number of nitrogen functional groups attached to an aromatic ring is 1. The number of hydrogen-bond donors (Lipinski definition) is 2. The minimum absolute atomic E-state index is 0.0204. The van der Waals surface area contributed by atoms with E-state index >= 15 is 0 Å². The van der Waals surface area contributed by atoms with E-state index in [0.29, 0.717) is 6.42 Å². The number of aromatic amines is 1. The quantitative estimate of drug-likeness (QED) is 0.733. The van der Waals surface area contributed by atoms with Crippen LogP contribution in [-0.4, -0.2) is 27.3 Å². The third-order valence-corrected chi connectivity index (χ3v) is 5.38. The van der Waals surface area contributed by atoms with Crippen LogP contribution in [0.1, 0.15) is 29.9 Å². The molecule has 25 heavy (non-hydrogen) atoms. The lowest BCUT2D eigenvalue weighted by molar-refractivity contribution is -0.162. The predicted molar refractivity (Wildman–Crippen MR) is 92.6 cm³/mol. The van der Waals surface area contributed by atoms with E-state index in [-0.39, 0.29) is 11.7 Å². The predicted octanol–water partition coefficient (Wildman–Crippen LogP) is 3.44. The van der Waals surface area contributed by atoms with Gasteiger partial charge >= 0.3 is 5.92 Å². The van der Waals surface area contributed by atoms with Crippen molar-refractivity contribution in [1.29, 1.82) is 0 Å². The van der Waals surface area contributed by atoms with Crippen molar-refractivity contribution in [2.75, 3.05) is 12.3 Å². The molecule has 1 unspecified atom stereocenters. The highest BCUT2D eigenvalue weighted by Gasteiger charge is 2.48. The van der Waals surface area contributed by atoms with E-state index in [4.69, 9.17) is 5.73 Å². The Kier molecular flexibility index (Phi) is 3.54. The number of anilines is 1. The molecule has 4 rings (SSSR count). The highest BCUT2D eigenvalue weighted by atomic mass is 32.1. The van der Waals surface area contributed by atoms with Crippen LogP contribution in [0.4, 0.5) is 13.9 Å². The Hall–Kier alpha value is -2.48. The summed E-state index contributed by atoms with van der Waals surface area (Å²) < 4.78 is 29.2. The molecule has 1 amide bonds. The fourth-order valence-corrected chi connectivity index (χ4v) is 4.01. The molecule has 2 aromatic heterocycles. The van der Waals surface area contributed by atoms with Crippen molar-refractivity contribution in [3.63, 3.8) is 0 Å². The van der Waals surface area contributed by atoms with Crippen LogP contribution >= 0.6 is 11.3 Å². The fraction of sp³-hybridized carbons (Fsp3) is 0.294. The van der Waals surface area contributed by atoms with Crippen molar-refractivity contribution in [1.82, 2.24) is 14.9 Å². The molecule has 5 nitrogen and oxygen atoms in total. The van der Waals surface area contributed by atoms with Gasteiger partial charge < -0.3 is 15.6 Å². The first-order valence-corrected chi connectivity index (χ1v) is 8.77. The number of halogens is 2. The SMILES string of the molecule is CC1c2[nH]c3ccccc3c2CCN1C(=O)C(F)(F)c1csc(N)n1. The van der Waals surface area contributed by atoms with E-state index in [9.17, 15) is 13.6 Å². The Morgan fingerprint density at radius 1 is 1.44 bits per heavy atom. The van der Waals surface area contributed by atoms with E-state index in [1.54, 1.807) is 6.92 Å². The molecular weight excluding hydrogens is 346 g/mol. The Morgan fingerprint density at radius 2 is 2.20 bits per heavy atom. The number of thiazole rings is 1. The van der Waals surface area contributed by atoms with Gasteiger partial charge in [-0.25, -0.2) is 4.98 Å². The van der Waals surface area contributed by atoms with E-state index in [1.165, 1.54) is 4.90 Å². The molecule has 0 saturated heterocycles. The van der Waals surface area contributed by atoms with Crippen molar-refractivity contribution in [3.8, 4) is 0 Å². The number of carbonyl (C=O) groups excluding carboxylic acids is 1. The van der Waals surface area contributed by atoms with Gasteiger partial charge in [0, 0.05) is 28.5 Å². The smallest absolute Gasteiger partial charge is 0.367 e. The molecule has 8 heteroatoms. The molecule has 1 aromatic carbocycles. The summed E-state index contributed by atoms with van der Waals surface area (Å²) in [6, 6.07) is 7.34. The van der Waals surface area contributed by atoms with Crippen LogP contribution in [0.2, 0.25) is 0 Å². The Bertz CT molecular complexity index is 965. The van der Waals surface area contributed by atoms with Gasteiger partial charge in [0.1, 0.15) is 5.69 Å². The maximum Gasteiger partial charge on any atom is 0.367 e. The summed E-state index contributed by atoms with van der Waals surface area (Å²) in [7, 11) is 0. The number of rotatable bonds is 2. The van der Waals surface area contributed by atoms with Crippen molar-refractivity contribution < 1.29 is 13.6 Å². The van der Waals surface area contributed by atoms with Crippen LogP contribution in [0.5, 0.6) is 0 Å². The van der Waals surface area contributed by atoms with Crippen LogP contribution < -0.4 is 5.73 Å². The molecule has 3 aromatic rings. The summed E-state index contributed by atoms with van der Waals surface area (Å²) in [4.78, 5) is 20.6. The third-order valence-electron chi connectivity index (χ3n) is 4.71. The number of aromatic nitrogens is 2. The van der Waals surface area contributed by atoms with E-state index < -0.39 is 23.6 Å². The van der Waals surface area contributed by atoms with E-state index in [2.05, 4.69) is 9.97 Å². The third kappa shape index (κ3) is 2.39. The molecular formula is C17H16F2N4OS. The monoisotopic (exact) mass is 362 g/mol. The molecule has 1 aliphatic heterocycles. The first-order valence-electron chi connectivity index (χ1n) is 7.89. The highest BCUT2D eigenvalue weighted by Crippen LogP contribution is 2.39. The number of para-hydroxylation sites is 1. The molecule has 1 aliphatic rings. The maximum absolute atomic E-state index is 14.6. The standard InChI is InChI=1S/C17H16F2N4OS/c1-9-14-11(10-4-2-3-5-12(10)21-14)6-7-23(9)15(24)17(18,19)13-8-25-16(20)22-13/h2-5,8-9,21H,6-7H2,1H3,(H2,20,22). The summed E-state index contributed by atoms with van der Waals surface area (Å²) in [5.74, 6) is -4.93. The Morgan fingerprint density at radius 3 is 2.92 bits per heavy atom. The van der Waals surface area contributed by atoms with E-state index in [1.807, 2.05) is 24.3 Å². The van der Waals surface area contributed by atoms with Gasteiger partial charge in [0.05, 0.1) is 6.04 Å². The van der Waals surface area contributed by atoms with Gasteiger partial charge in [-0.1, -0.05) is 18.2 Å². The number of amides is 1. The second-order valence-electron chi connectivity index (χ2n) is 6.13. The lowest BCUT2D eigenvalue weighted by Crippen LogP contribution is -2.46. The fourth-order valence-electron chi connectivity index (χ4n) is 3.43. The normalized spacial score (nSPS) is 17.7. The number of nitrogens with two attached hydrogens (primary N) is 1. The largest absolute Gasteiger partial charge is 0.375 e. The van der Waals surface area contributed by atoms with Crippen LogP contribution in [0.15, 0.2) is 29.6 Å². The number of hydrogen-bond acceptors (Lipinski definition) is 4. The molecule has 3 heterocycles. The topological polar surface area (TPSA) is 75.0 Å². The average molecular weight is 362 g/mol. The van der Waals surface area contributed by atoms with Gasteiger partial charge in [-0.3, -0.25) is 4.79 Å². The lowest BCUT2D eigenvalue weighted by Gasteiger charge is -2.35. The molecule has 0 bridgehead atoms. The minimum atomic E-state index is -3.69. The number of nitrogens with zero attached hydrogens (tertiary/aromatic N) is 2. The summed E-state index contributed by atoms with van der Waals surface area (Å²) >= 11 is 0.897. The molecule has 0 aliphatic carbocycles. The summed E-state index contributed by atoms with van der Waals surface area (Å²) in [5, 5.41) is 2.23. The molecule has 0 spiro atoms. The molecule has 0 saturated carbocycles. The van der Waals surface area contributed by atoms with Gasteiger partial charge in [0.15, 0.2) is 5.13 Å². The number of alkyl halides is 2. The summed E-state index contributed by atoms with van der Waals surface area (Å²) in [6.07, 6.45) is 0.532. The van der Waals surface area contributed by atoms with Crippen LogP contribution in [0.3, 0.4) is 0 Å². The van der Waals surface area contributed by atoms with Crippen molar-refractivity contribution >= 4 is 33.3 Å². The second kappa shape index (κ2) is 5.52. The van der Waals surface area contributed by atoms with Gasteiger partial charge in [-0.05, 0) is 25.0 Å². The first kappa shape index (κ1) is 16.0. The molecule has 0 radical (unpaired) electrons. The Balaban J connectivity index is 1.69. The maximum atomic E-state index is 14.6. The minimum Gasteiger partial charge on any atom is -0.375 e. The molecule has 0 fully saturated rings. The highest BCUT2D eigenvalue weighted by molar-refractivity contribution is 7.13. The molecule has 130 valence electrons. The van der Waals surface area contributed by atoms with Crippen LogP contribution in [-0.2, 0) is 17.1 Å². The molecule has 1 atom stereocenters. The van der Waals surface area contributed by atoms with E-state index in [0.717, 1.165) is 38.9 Å². The zero-order valence-electron chi connectivity index (χ0n) is 13.4. The summed E-state index contributed by atoms with van der Waals surface area (Å²) in [5.41, 5.74) is 7.70. The second-order valence-corrected chi connectivity index (χ2v) is 7.02. The molecule has 3 N–H and O–H groups in total. The average Bonchev–Trinajstić information content (AvgIpc) is 3.19. The number of carbonyl (C=O) groups is 1. The van der Waals surface area contributed by atoms with Gasteiger partial charge in [-0.2, -0.15) is 8.78 Å². The van der Waals surface area contributed by atoms with Crippen LogP contribution in [0, 0.1) is 0 Å². The van der Waals surface area contributed by atoms with Crippen molar-refractivity contribution in [2.24, 2.45) is 0 Å². The lowest BCUT2D eigenvalue weighted by atomic mass is 9.97. The number of benzene rings is 1. The number of H-pyrrole nitrogens is 1. The zero-order valence-corrected chi connectivity index (χ0v) is 14.2. The Labute approximate surface area is 146 Å². The summed E-state index contributed by atoms with van der Waals surface area (Å²) in [6.45, 7) is 2.00. The van der Waals surface area contributed by atoms with Gasteiger partial charge in [0.25, 0.3) is 5.91 Å². The number of nitrogens with one attached hydrogen (secondary N) is 1. The van der Waals surface area contributed by atoms with Crippen LogP contribution in [0.25, 0.3) is 10.9 Å². The van der Waals surface area contributed by atoms with Gasteiger partial charge in [0.2, 0.25) is 0 Å². The zero-order chi connectivity index (χ0) is 17.8. The van der Waals surface area contributed by atoms with Gasteiger partial charge in [-0.15, -0.1) is 11.3 Å². The number of fused-ring (bicyclic) bond motifs is 3.